The topological polar surface area (TPSA) is 49.7 Å². The Morgan fingerprint density at radius 1 is 1.03 bits per heavy atom. The van der Waals surface area contributed by atoms with E-state index in [0.717, 1.165) is 68.8 Å². The Morgan fingerprint density at radius 2 is 1.84 bits per heavy atom. The molecular weight excluding hydrogens is 384 g/mol. The molecule has 1 aliphatic heterocycles. The number of rotatable bonds is 4. The molecule has 5 aliphatic rings. The van der Waals surface area contributed by atoms with Gasteiger partial charge in [-0.2, -0.15) is 0 Å². The van der Waals surface area contributed by atoms with Crippen LogP contribution in [0.3, 0.4) is 0 Å². The molecule has 31 heavy (non-hydrogen) atoms. The minimum atomic E-state index is -0.563. The van der Waals surface area contributed by atoms with Crippen LogP contribution in [0.1, 0.15) is 98.3 Å². The van der Waals surface area contributed by atoms with Crippen LogP contribution < -0.4 is 0 Å². The smallest absolute Gasteiger partial charge is 0.0902 e. The normalized spacial score (nSPS) is 52.8. The van der Waals surface area contributed by atoms with Crippen molar-refractivity contribution < 1.29 is 14.9 Å². The molecule has 0 aromatic carbocycles. The van der Waals surface area contributed by atoms with Crippen molar-refractivity contribution in [2.45, 2.75) is 110 Å². The maximum atomic E-state index is 10.8. The Morgan fingerprint density at radius 3 is 2.58 bits per heavy atom. The molecular formula is C28H46O3. The number of aliphatic hydroxyl groups is 2. The maximum Gasteiger partial charge on any atom is 0.0902 e. The number of hydrogen-bond donors (Lipinski definition) is 2. The van der Waals surface area contributed by atoms with E-state index in [-0.39, 0.29) is 0 Å². The van der Waals surface area contributed by atoms with E-state index >= 15 is 0 Å². The first-order valence-corrected chi connectivity index (χ1v) is 13.3. The van der Waals surface area contributed by atoms with Crippen LogP contribution in [0, 0.1) is 40.4 Å². The zero-order valence-corrected chi connectivity index (χ0v) is 20.5. The van der Waals surface area contributed by atoms with Crippen LogP contribution in [-0.2, 0) is 4.74 Å². The fourth-order valence-corrected chi connectivity index (χ4v) is 9.27. The van der Waals surface area contributed by atoms with Gasteiger partial charge in [-0.15, -0.1) is 0 Å². The van der Waals surface area contributed by atoms with E-state index in [1.807, 2.05) is 6.92 Å². The van der Waals surface area contributed by atoms with Crippen LogP contribution in [0.4, 0.5) is 0 Å². The van der Waals surface area contributed by atoms with Gasteiger partial charge < -0.3 is 14.9 Å². The Labute approximate surface area is 190 Å². The lowest BCUT2D eigenvalue weighted by atomic mass is 9.46. The Balaban J connectivity index is 1.31. The highest BCUT2D eigenvalue weighted by Gasteiger charge is 2.59. The number of ether oxygens (including phenoxy) is 1. The number of allylic oxidation sites excluding steroid dienone is 1. The van der Waals surface area contributed by atoms with Gasteiger partial charge >= 0.3 is 0 Å². The van der Waals surface area contributed by atoms with Crippen molar-refractivity contribution in [3.05, 3.63) is 11.6 Å². The lowest BCUT2D eigenvalue weighted by Gasteiger charge is -2.59. The van der Waals surface area contributed by atoms with Crippen molar-refractivity contribution in [1.82, 2.24) is 0 Å². The average Bonchev–Trinajstić information content (AvgIpc) is 3.30. The second kappa shape index (κ2) is 7.57. The first-order chi connectivity index (χ1) is 14.6. The lowest BCUT2D eigenvalue weighted by molar-refractivity contribution is -0.0717. The molecule has 2 N–H and O–H groups in total. The van der Waals surface area contributed by atoms with E-state index in [0.29, 0.717) is 23.4 Å². The number of fused-ring (bicyclic) bond motifs is 5. The molecule has 0 aromatic heterocycles. The Kier molecular flexibility index (Phi) is 5.47. The van der Waals surface area contributed by atoms with Crippen molar-refractivity contribution in [2.75, 3.05) is 13.2 Å². The molecule has 0 radical (unpaired) electrons. The van der Waals surface area contributed by atoms with Gasteiger partial charge in [0.2, 0.25) is 0 Å². The summed E-state index contributed by atoms with van der Waals surface area (Å²) >= 11 is 0. The molecule has 4 aliphatic carbocycles. The molecule has 1 saturated heterocycles. The minimum absolute atomic E-state index is 0.321. The van der Waals surface area contributed by atoms with E-state index in [2.05, 4.69) is 26.8 Å². The summed E-state index contributed by atoms with van der Waals surface area (Å²) in [6, 6.07) is 0. The van der Waals surface area contributed by atoms with Gasteiger partial charge in [0.1, 0.15) is 0 Å². The fraction of sp³-hybridized carbons (Fsp3) is 0.929. The van der Waals surface area contributed by atoms with Crippen molar-refractivity contribution in [1.29, 1.82) is 0 Å². The molecule has 0 spiro atoms. The highest BCUT2D eigenvalue weighted by atomic mass is 16.5. The summed E-state index contributed by atoms with van der Waals surface area (Å²) in [6.07, 6.45) is 15.2. The van der Waals surface area contributed by atoms with E-state index in [4.69, 9.17) is 4.74 Å². The second-order valence-corrected chi connectivity index (χ2v) is 13.2. The summed E-state index contributed by atoms with van der Waals surface area (Å²) in [6.45, 7) is 10.9. The van der Waals surface area contributed by atoms with Crippen LogP contribution >= 0.6 is 0 Å². The molecule has 0 aromatic rings. The van der Waals surface area contributed by atoms with E-state index < -0.39 is 11.2 Å². The molecule has 3 nitrogen and oxygen atoms in total. The highest BCUT2D eigenvalue weighted by molar-refractivity contribution is 5.26. The van der Waals surface area contributed by atoms with Crippen LogP contribution in [0.5, 0.6) is 0 Å². The summed E-state index contributed by atoms with van der Waals surface area (Å²) in [5, 5.41) is 21.5. The van der Waals surface area contributed by atoms with Crippen molar-refractivity contribution in [3.8, 4) is 0 Å². The van der Waals surface area contributed by atoms with Gasteiger partial charge in [0.15, 0.2) is 0 Å². The Bertz CT molecular complexity index is 720. The van der Waals surface area contributed by atoms with E-state index in [9.17, 15) is 10.2 Å². The second-order valence-electron chi connectivity index (χ2n) is 13.2. The predicted octanol–water partition coefficient (Wildman–Crippen LogP) is 5.88. The van der Waals surface area contributed by atoms with Gasteiger partial charge in [0.25, 0.3) is 0 Å². The molecule has 176 valence electrons. The molecule has 5 rings (SSSR count). The molecule has 1 unspecified atom stereocenters. The van der Waals surface area contributed by atoms with Gasteiger partial charge in [0, 0.05) is 13.0 Å². The standard InChI is InChI=1S/C28H46O3/c1-19(9-12-28(30)15-16-31-18-28)22-7-8-23-21-6-5-20-17-25(2,29)13-14-26(20,3)24(21)10-11-27(22,23)4/h5,19,21-24,29-30H,6-18H2,1-4H3/t19-,21+,22-,23+,24?,25+,26+,27-,28+/m1/s1. The maximum absolute atomic E-state index is 10.8. The van der Waals surface area contributed by atoms with Crippen LogP contribution in [0.2, 0.25) is 0 Å². The highest BCUT2D eigenvalue weighted by Crippen LogP contribution is 2.67. The van der Waals surface area contributed by atoms with Crippen molar-refractivity contribution >= 4 is 0 Å². The van der Waals surface area contributed by atoms with Crippen LogP contribution in [0.25, 0.3) is 0 Å². The van der Waals surface area contributed by atoms with Crippen LogP contribution in [-0.4, -0.2) is 34.6 Å². The number of hydrogen-bond acceptors (Lipinski definition) is 3. The van der Waals surface area contributed by atoms with Gasteiger partial charge in [-0.1, -0.05) is 32.4 Å². The summed E-state index contributed by atoms with van der Waals surface area (Å²) in [5.74, 6) is 3.99. The molecule has 3 heteroatoms. The third-order valence-corrected chi connectivity index (χ3v) is 11.3. The Hall–Kier alpha value is -0.380. The van der Waals surface area contributed by atoms with Crippen molar-refractivity contribution in [3.63, 3.8) is 0 Å². The zero-order chi connectivity index (χ0) is 22.1. The van der Waals surface area contributed by atoms with Gasteiger partial charge in [-0.3, -0.25) is 0 Å². The lowest BCUT2D eigenvalue weighted by Crippen LogP contribution is -2.52. The summed E-state index contributed by atoms with van der Waals surface area (Å²) in [7, 11) is 0. The van der Waals surface area contributed by atoms with E-state index in [1.54, 1.807) is 5.57 Å². The van der Waals surface area contributed by atoms with Gasteiger partial charge in [-0.25, -0.2) is 0 Å². The molecule has 3 saturated carbocycles. The monoisotopic (exact) mass is 430 g/mol. The first-order valence-electron chi connectivity index (χ1n) is 13.3. The molecule has 4 fully saturated rings. The summed E-state index contributed by atoms with van der Waals surface area (Å²) in [5.41, 5.74) is 1.30. The molecule has 1 heterocycles. The fourth-order valence-electron chi connectivity index (χ4n) is 9.27. The van der Waals surface area contributed by atoms with Gasteiger partial charge in [-0.05, 0) is 112 Å². The SMILES string of the molecule is C[C@H](CC[C@]1(O)CCOC1)[C@H]1CC[C@H]2[C@@H]3CC=C4C[C@@](C)(O)CC[C@]4(C)C3CC[C@]12C. The summed E-state index contributed by atoms with van der Waals surface area (Å²) < 4.78 is 5.48. The molecule has 9 atom stereocenters. The minimum Gasteiger partial charge on any atom is -0.390 e. The average molecular weight is 431 g/mol. The largest absolute Gasteiger partial charge is 0.390 e. The van der Waals surface area contributed by atoms with Crippen LogP contribution in [0.15, 0.2) is 11.6 Å². The third kappa shape index (κ3) is 3.66. The molecule has 0 amide bonds. The summed E-state index contributed by atoms with van der Waals surface area (Å²) in [4.78, 5) is 0. The molecule has 0 bridgehead atoms. The third-order valence-electron chi connectivity index (χ3n) is 11.3. The predicted molar refractivity (Wildman–Crippen MR) is 125 cm³/mol. The van der Waals surface area contributed by atoms with Gasteiger partial charge in [0.05, 0.1) is 17.8 Å². The van der Waals surface area contributed by atoms with Crippen molar-refractivity contribution in [2.24, 2.45) is 40.4 Å². The van der Waals surface area contributed by atoms with E-state index in [1.165, 1.54) is 32.1 Å². The first kappa shape index (κ1) is 22.4. The quantitative estimate of drug-likeness (QED) is 0.547. The zero-order valence-electron chi connectivity index (χ0n) is 20.5.